The van der Waals surface area contributed by atoms with E-state index in [0.29, 0.717) is 18.6 Å². The van der Waals surface area contributed by atoms with Crippen molar-refractivity contribution in [3.05, 3.63) is 18.2 Å². The second-order valence-electron chi connectivity index (χ2n) is 4.38. The molecule has 17 heavy (non-hydrogen) atoms. The SMILES string of the molecule is Cc1nnc2c(N3CCCC(F)C3)nccn12. The van der Waals surface area contributed by atoms with Gasteiger partial charge in [-0.3, -0.25) is 4.40 Å². The third-order valence-corrected chi connectivity index (χ3v) is 3.14. The van der Waals surface area contributed by atoms with E-state index in [-0.39, 0.29) is 0 Å². The maximum absolute atomic E-state index is 13.4. The van der Waals surface area contributed by atoms with E-state index in [9.17, 15) is 4.39 Å². The molecule has 3 heterocycles. The van der Waals surface area contributed by atoms with E-state index in [1.807, 2.05) is 22.4 Å². The number of hydrogen-bond donors (Lipinski definition) is 0. The minimum atomic E-state index is -0.769. The lowest BCUT2D eigenvalue weighted by Gasteiger charge is -2.29. The molecule has 0 spiro atoms. The highest BCUT2D eigenvalue weighted by Gasteiger charge is 2.22. The summed E-state index contributed by atoms with van der Waals surface area (Å²) in [5, 5.41) is 8.13. The molecule has 6 heteroatoms. The zero-order valence-electron chi connectivity index (χ0n) is 9.67. The van der Waals surface area contributed by atoms with Crippen LogP contribution in [0.5, 0.6) is 0 Å². The van der Waals surface area contributed by atoms with Gasteiger partial charge in [0.25, 0.3) is 0 Å². The number of rotatable bonds is 1. The van der Waals surface area contributed by atoms with Crippen molar-refractivity contribution < 1.29 is 4.39 Å². The van der Waals surface area contributed by atoms with Crippen molar-refractivity contribution in [2.75, 3.05) is 18.0 Å². The molecule has 0 N–H and O–H groups in total. The monoisotopic (exact) mass is 235 g/mol. The van der Waals surface area contributed by atoms with Gasteiger partial charge in [-0.2, -0.15) is 0 Å². The summed E-state index contributed by atoms with van der Waals surface area (Å²) in [4.78, 5) is 6.27. The van der Waals surface area contributed by atoms with Gasteiger partial charge in [-0.15, -0.1) is 10.2 Å². The fraction of sp³-hybridized carbons (Fsp3) is 0.545. The number of nitrogens with zero attached hydrogens (tertiary/aromatic N) is 5. The molecule has 1 aliphatic rings. The largest absolute Gasteiger partial charge is 0.351 e. The van der Waals surface area contributed by atoms with Crippen LogP contribution in [0.15, 0.2) is 12.4 Å². The van der Waals surface area contributed by atoms with Crippen molar-refractivity contribution in [2.24, 2.45) is 0 Å². The van der Waals surface area contributed by atoms with Gasteiger partial charge in [0.2, 0.25) is 5.65 Å². The molecule has 1 atom stereocenters. The maximum Gasteiger partial charge on any atom is 0.203 e. The van der Waals surface area contributed by atoms with Gasteiger partial charge < -0.3 is 4.90 Å². The average molecular weight is 235 g/mol. The van der Waals surface area contributed by atoms with E-state index >= 15 is 0 Å². The Morgan fingerprint density at radius 1 is 1.41 bits per heavy atom. The van der Waals surface area contributed by atoms with E-state index in [4.69, 9.17) is 0 Å². The molecule has 0 amide bonds. The van der Waals surface area contributed by atoms with Crippen molar-refractivity contribution in [1.82, 2.24) is 19.6 Å². The van der Waals surface area contributed by atoms with Crippen LogP contribution in [0, 0.1) is 6.92 Å². The lowest BCUT2D eigenvalue weighted by atomic mass is 10.1. The van der Waals surface area contributed by atoms with Gasteiger partial charge in [-0.1, -0.05) is 0 Å². The van der Waals surface area contributed by atoms with Gasteiger partial charge in [0.05, 0.1) is 6.54 Å². The van der Waals surface area contributed by atoms with Crippen LogP contribution >= 0.6 is 0 Å². The Balaban J connectivity index is 2.04. The minimum Gasteiger partial charge on any atom is -0.351 e. The van der Waals surface area contributed by atoms with Crippen molar-refractivity contribution in [1.29, 1.82) is 0 Å². The highest BCUT2D eigenvalue weighted by atomic mass is 19.1. The number of fused-ring (bicyclic) bond motifs is 1. The van der Waals surface area contributed by atoms with Crippen molar-refractivity contribution in [2.45, 2.75) is 25.9 Å². The van der Waals surface area contributed by atoms with Crippen LogP contribution in [-0.2, 0) is 0 Å². The summed E-state index contributed by atoms with van der Waals surface area (Å²) in [6.45, 7) is 3.12. The van der Waals surface area contributed by atoms with E-state index in [0.717, 1.165) is 24.6 Å². The zero-order chi connectivity index (χ0) is 11.8. The van der Waals surface area contributed by atoms with Gasteiger partial charge in [0.15, 0.2) is 5.82 Å². The number of piperidine rings is 1. The molecule has 0 radical (unpaired) electrons. The summed E-state index contributed by atoms with van der Waals surface area (Å²) in [5.74, 6) is 1.55. The van der Waals surface area contributed by atoms with Crippen LogP contribution in [0.1, 0.15) is 18.7 Å². The fourth-order valence-electron chi connectivity index (χ4n) is 2.27. The second-order valence-corrected chi connectivity index (χ2v) is 4.38. The molecule has 1 saturated heterocycles. The molecule has 1 aliphatic heterocycles. The van der Waals surface area contributed by atoms with Gasteiger partial charge in [0.1, 0.15) is 12.0 Å². The summed E-state index contributed by atoms with van der Waals surface area (Å²) in [7, 11) is 0. The maximum atomic E-state index is 13.4. The molecule has 5 nitrogen and oxygen atoms in total. The Morgan fingerprint density at radius 3 is 3.12 bits per heavy atom. The minimum absolute atomic E-state index is 0.401. The molecule has 3 rings (SSSR count). The quantitative estimate of drug-likeness (QED) is 0.749. The highest BCUT2D eigenvalue weighted by molar-refractivity contribution is 5.63. The molecule has 0 bridgehead atoms. The van der Waals surface area contributed by atoms with Crippen LogP contribution in [-0.4, -0.2) is 38.8 Å². The first-order valence-corrected chi connectivity index (χ1v) is 5.81. The summed E-state index contributed by atoms with van der Waals surface area (Å²) >= 11 is 0. The van der Waals surface area contributed by atoms with Crippen LogP contribution < -0.4 is 4.90 Å². The molecule has 0 aromatic carbocycles. The van der Waals surface area contributed by atoms with Gasteiger partial charge in [-0.05, 0) is 19.8 Å². The standard InChI is InChI=1S/C11H14FN5/c1-8-14-15-11-10(13-4-6-17(8)11)16-5-2-3-9(12)7-16/h4,6,9H,2-3,5,7H2,1H3. The molecule has 1 fully saturated rings. The van der Waals surface area contributed by atoms with Crippen molar-refractivity contribution in [3.63, 3.8) is 0 Å². The van der Waals surface area contributed by atoms with Crippen molar-refractivity contribution in [3.8, 4) is 0 Å². The smallest absolute Gasteiger partial charge is 0.203 e. The lowest BCUT2D eigenvalue weighted by Crippen LogP contribution is -2.37. The number of aromatic nitrogens is 4. The first kappa shape index (κ1) is 10.4. The predicted molar refractivity (Wildman–Crippen MR) is 61.9 cm³/mol. The molecule has 2 aromatic heterocycles. The summed E-state index contributed by atoms with van der Waals surface area (Å²) in [6.07, 6.45) is 4.27. The van der Waals surface area contributed by atoms with Crippen molar-refractivity contribution >= 4 is 11.5 Å². The molecule has 2 aromatic rings. The molecular weight excluding hydrogens is 221 g/mol. The first-order valence-electron chi connectivity index (χ1n) is 5.81. The average Bonchev–Trinajstić information content (AvgIpc) is 2.71. The van der Waals surface area contributed by atoms with Gasteiger partial charge >= 0.3 is 0 Å². The Morgan fingerprint density at radius 2 is 2.29 bits per heavy atom. The van der Waals surface area contributed by atoms with Gasteiger partial charge in [0, 0.05) is 18.9 Å². The lowest BCUT2D eigenvalue weighted by molar-refractivity contribution is 0.286. The number of anilines is 1. The van der Waals surface area contributed by atoms with Crippen LogP contribution in [0.4, 0.5) is 10.2 Å². The molecule has 1 unspecified atom stereocenters. The van der Waals surface area contributed by atoms with E-state index in [2.05, 4.69) is 15.2 Å². The fourth-order valence-corrected chi connectivity index (χ4v) is 2.27. The Hall–Kier alpha value is -1.72. The van der Waals surface area contributed by atoms with Crippen LogP contribution in [0.25, 0.3) is 5.65 Å². The number of hydrogen-bond acceptors (Lipinski definition) is 4. The Kier molecular flexibility index (Phi) is 2.42. The number of alkyl halides is 1. The van der Waals surface area contributed by atoms with E-state index < -0.39 is 6.17 Å². The molecular formula is C11H14FN5. The predicted octanol–water partition coefficient (Wildman–Crippen LogP) is 1.37. The Bertz CT molecular complexity index is 538. The normalized spacial score (nSPS) is 21.1. The zero-order valence-corrected chi connectivity index (χ0v) is 9.67. The second kappa shape index (κ2) is 3.94. The molecule has 0 saturated carbocycles. The highest BCUT2D eigenvalue weighted by Crippen LogP contribution is 2.22. The van der Waals surface area contributed by atoms with Gasteiger partial charge in [-0.25, -0.2) is 9.37 Å². The summed E-state index contributed by atoms with van der Waals surface area (Å²) in [5.41, 5.74) is 0.708. The number of aryl methyl sites for hydroxylation is 1. The molecule has 90 valence electrons. The number of halogens is 1. The molecule has 0 aliphatic carbocycles. The third kappa shape index (κ3) is 1.73. The first-order chi connectivity index (χ1) is 8.25. The van der Waals surface area contributed by atoms with Crippen LogP contribution in [0.3, 0.4) is 0 Å². The van der Waals surface area contributed by atoms with E-state index in [1.165, 1.54) is 0 Å². The van der Waals surface area contributed by atoms with E-state index in [1.54, 1.807) is 6.20 Å². The summed E-state index contributed by atoms with van der Waals surface area (Å²) < 4.78 is 15.3. The summed E-state index contributed by atoms with van der Waals surface area (Å²) in [6, 6.07) is 0. The Labute approximate surface area is 98.3 Å². The topological polar surface area (TPSA) is 46.3 Å². The third-order valence-electron chi connectivity index (χ3n) is 3.14. The van der Waals surface area contributed by atoms with Crippen LogP contribution in [0.2, 0.25) is 0 Å².